The van der Waals surface area contributed by atoms with Gasteiger partial charge in [0, 0.05) is 0 Å². The summed E-state index contributed by atoms with van der Waals surface area (Å²) < 4.78 is 0. The van der Waals surface area contributed by atoms with Crippen molar-refractivity contribution in [1.29, 1.82) is 0 Å². The minimum atomic E-state index is 0.551. The molecule has 0 amide bonds. The van der Waals surface area contributed by atoms with Gasteiger partial charge in [-0.2, -0.15) is 0 Å². The van der Waals surface area contributed by atoms with E-state index in [0.717, 1.165) is 12.8 Å². The molecule has 0 nitrogen and oxygen atoms in total. The molecule has 0 saturated carbocycles. The minimum Gasteiger partial charge on any atom is -0.0990 e. The van der Waals surface area contributed by atoms with E-state index in [9.17, 15) is 0 Å². The molecule has 0 aromatic rings. The number of halogens is 2. The Hall–Kier alpha value is -0.200. The van der Waals surface area contributed by atoms with Gasteiger partial charge >= 0.3 is 0 Å². The van der Waals surface area contributed by atoms with Crippen LogP contribution >= 0.6 is 23.2 Å². The zero-order valence-corrected chi connectivity index (χ0v) is 8.12. The monoisotopic (exact) mass is 190 g/mol. The lowest BCUT2D eigenvalue weighted by Crippen LogP contribution is -1.72. The molecule has 62 valence electrons. The van der Waals surface area contributed by atoms with E-state index >= 15 is 0 Å². The van der Waals surface area contributed by atoms with Crippen LogP contribution in [0.5, 0.6) is 0 Å². The molecule has 0 spiro atoms. The van der Waals surface area contributed by atoms with Crippen LogP contribution in [0.15, 0.2) is 34.9 Å². The SMILES string of the molecule is C=C/C=C(Cl)\C(Cl)=C/CCC. The Morgan fingerprint density at radius 1 is 1.36 bits per heavy atom. The second-order valence-corrected chi connectivity index (χ2v) is 2.91. The van der Waals surface area contributed by atoms with Crippen molar-refractivity contribution < 1.29 is 0 Å². The highest BCUT2D eigenvalue weighted by atomic mass is 35.5. The average Bonchev–Trinajstić information content (AvgIpc) is 2.00. The van der Waals surface area contributed by atoms with Gasteiger partial charge in [-0.05, 0) is 12.5 Å². The molecule has 0 N–H and O–H groups in total. The van der Waals surface area contributed by atoms with Crippen LogP contribution in [0, 0.1) is 0 Å². The molecule has 0 atom stereocenters. The predicted molar refractivity (Wildman–Crippen MR) is 53.0 cm³/mol. The molecule has 2 heteroatoms. The molecule has 0 saturated heterocycles. The Balaban J connectivity index is 4.10. The molecule has 0 unspecified atom stereocenters. The number of unbranched alkanes of at least 4 members (excludes halogenated alkanes) is 1. The molecule has 0 aliphatic rings. The number of hydrogen-bond donors (Lipinski definition) is 0. The lowest BCUT2D eigenvalue weighted by atomic mass is 10.3. The first-order valence-corrected chi connectivity index (χ1v) is 4.32. The molecule has 0 aliphatic carbocycles. The maximum Gasteiger partial charge on any atom is 0.0588 e. The fraction of sp³-hybridized carbons (Fsp3) is 0.333. The lowest BCUT2D eigenvalue weighted by Gasteiger charge is -1.93. The molecular formula is C9H12Cl2. The molecule has 0 radical (unpaired) electrons. The molecule has 0 fully saturated rings. The third kappa shape index (κ3) is 5.11. The maximum atomic E-state index is 5.80. The first-order valence-electron chi connectivity index (χ1n) is 3.56. The quantitative estimate of drug-likeness (QED) is 0.583. The van der Waals surface area contributed by atoms with E-state index in [4.69, 9.17) is 23.2 Å². The van der Waals surface area contributed by atoms with Crippen LogP contribution in [0.2, 0.25) is 0 Å². The maximum absolute atomic E-state index is 5.80. The summed E-state index contributed by atoms with van der Waals surface area (Å²) >= 11 is 11.6. The molecule has 0 aliphatic heterocycles. The van der Waals surface area contributed by atoms with Crippen LogP contribution < -0.4 is 0 Å². The molecular weight excluding hydrogens is 179 g/mol. The van der Waals surface area contributed by atoms with Gasteiger partial charge in [-0.3, -0.25) is 0 Å². The van der Waals surface area contributed by atoms with Gasteiger partial charge in [0.05, 0.1) is 10.1 Å². The van der Waals surface area contributed by atoms with Crippen molar-refractivity contribution in [3.8, 4) is 0 Å². The van der Waals surface area contributed by atoms with Crippen molar-refractivity contribution in [2.24, 2.45) is 0 Å². The summed E-state index contributed by atoms with van der Waals surface area (Å²) in [6, 6.07) is 0. The summed E-state index contributed by atoms with van der Waals surface area (Å²) in [4.78, 5) is 0. The Kier molecular flexibility index (Phi) is 6.39. The van der Waals surface area contributed by atoms with Gasteiger partial charge in [0.15, 0.2) is 0 Å². The van der Waals surface area contributed by atoms with Crippen molar-refractivity contribution in [1.82, 2.24) is 0 Å². The van der Waals surface area contributed by atoms with Crippen LogP contribution in [0.4, 0.5) is 0 Å². The molecule has 11 heavy (non-hydrogen) atoms. The summed E-state index contributed by atoms with van der Waals surface area (Å²) in [6.07, 6.45) is 7.24. The van der Waals surface area contributed by atoms with Crippen molar-refractivity contribution in [3.63, 3.8) is 0 Å². The first-order chi connectivity index (χ1) is 5.22. The number of rotatable bonds is 4. The Morgan fingerprint density at radius 2 is 2.00 bits per heavy atom. The summed E-state index contributed by atoms with van der Waals surface area (Å²) in [5.41, 5.74) is 0. The Bertz CT molecular complexity index is 178. The van der Waals surface area contributed by atoms with E-state index in [2.05, 4.69) is 13.5 Å². The van der Waals surface area contributed by atoms with Gasteiger partial charge in [0.1, 0.15) is 0 Å². The smallest absolute Gasteiger partial charge is 0.0588 e. The topological polar surface area (TPSA) is 0 Å². The number of hydrogen-bond acceptors (Lipinski definition) is 0. The van der Waals surface area contributed by atoms with Gasteiger partial charge in [-0.1, -0.05) is 55.3 Å². The van der Waals surface area contributed by atoms with E-state index in [1.54, 1.807) is 12.2 Å². The molecule has 0 heterocycles. The summed E-state index contributed by atoms with van der Waals surface area (Å²) in [5, 5.41) is 1.16. The van der Waals surface area contributed by atoms with Gasteiger partial charge in [0.25, 0.3) is 0 Å². The largest absolute Gasteiger partial charge is 0.0990 e. The van der Waals surface area contributed by atoms with E-state index in [0.29, 0.717) is 10.1 Å². The lowest BCUT2D eigenvalue weighted by molar-refractivity contribution is 0.957. The highest BCUT2D eigenvalue weighted by Gasteiger charge is 1.94. The van der Waals surface area contributed by atoms with E-state index < -0.39 is 0 Å². The van der Waals surface area contributed by atoms with Crippen molar-refractivity contribution >= 4 is 23.2 Å². The second kappa shape index (κ2) is 6.51. The third-order valence-electron chi connectivity index (χ3n) is 1.10. The first kappa shape index (κ1) is 10.8. The minimum absolute atomic E-state index is 0.551. The molecule has 0 aromatic heterocycles. The summed E-state index contributed by atoms with van der Waals surface area (Å²) in [5.74, 6) is 0. The van der Waals surface area contributed by atoms with Gasteiger partial charge in [0.2, 0.25) is 0 Å². The van der Waals surface area contributed by atoms with Crippen LogP contribution in [-0.4, -0.2) is 0 Å². The Morgan fingerprint density at radius 3 is 2.45 bits per heavy atom. The van der Waals surface area contributed by atoms with Gasteiger partial charge in [-0.25, -0.2) is 0 Å². The standard InChI is InChI=1S/C9H12Cl2/c1-3-5-7-9(11)8(10)6-4-2/h4,6-7H,2-3,5H2,1H3/b8-6+,9-7+. The van der Waals surface area contributed by atoms with Crippen molar-refractivity contribution in [3.05, 3.63) is 34.9 Å². The van der Waals surface area contributed by atoms with Crippen molar-refractivity contribution in [2.45, 2.75) is 19.8 Å². The van der Waals surface area contributed by atoms with E-state index in [-0.39, 0.29) is 0 Å². The highest BCUT2D eigenvalue weighted by Crippen LogP contribution is 2.19. The van der Waals surface area contributed by atoms with E-state index in [1.807, 2.05) is 6.08 Å². The van der Waals surface area contributed by atoms with Gasteiger partial charge < -0.3 is 0 Å². The third-order valence-corrected chi connectivity index (χ3v) is 1.89. The molecule has 0 bridgehead atoms. The Labute approximate surface area is 78.2 Å². The summed E-state index contributed by atoms with van der Waals surface area (Å²) in [6.45, 7) is 5.61. The summed E-state index contributed by atoms with van der Waals surface area (Å²) in [7, 11) is 0. The van der Waals surface area contributed by atoms with E-state index in [1.165, 1.54) is 0 Å². The van der Waals surface area contributed by atoms with Crippen LogP contribution in [-0.2, 0) is 0 Å². The fourth-order valence-electron chi connectivity index (χ4n) is 0.552. The van der Waals surface area contributed by atoms with Gasteiger partial charge in [-0.15, -0.1) is 0 Å². The second-order valence-electron chi connectivity index (χ2n) is 2.09. The average molecular weight is 191 g/mol. The molecule has 0 aromatic carbocycles. The highest BCUT2D eigenvalue weighted by molar-refractivity contribution is 6.43. The number of allylic oxidation sites excluding steroid dienone is 5. The molecule has 0 rings (SSSR count). The fourth-order valence-corrected chi connectivity index (χ4v) is 0.890. The van der Waals surface area contributed by atoms with Crippen LogP contribution in [0.3, 0.4) is 0 Å². The predicted octanol–water partition coefficient (Wildman–Crippen LogP) is 4.22. The zero-order valence-electron chi connectivity index (χ0n) is 6.61. The van der Waals surface area contributed by atoms with Crippen molar-refractivity contribution in [2.75, 3.05) is 0 Å². The van der Waals surface area contributed by atoms with Crippen LogP contribution in [0.25, 0.3) is 0 Å². The van der Waals surface area contributed by atoms with Crippen LogP contribution in [0.1, 0.15) is 19.8 Å². The zero-order chi connectivity index (χ0) is 8.69. The normalized spacial score (nSPS) is 13.4.